The molecule has 7 nitrogen and oxygen atoms in total. The molecular formula is C17H26N2O5S2. The van der Waals surface area contributed by atoms with Crippen LogP contribution in [-0.2, 0) is 24.7 Å². The molecule has 0 bridgehead atoms. The van der Waals surface area contributed by atoms with Crippen molar-refractivity contribution in [1.82, 2.24) is 9.62 Å². The predicted octanol–water partition coefficient (Wildman–Crippen LogP) is 1.01. The van der Waals surface area contributed by atoms with Gasteiger partial charge in [-0.15, -0.1) is 0 Å². The van der Waals surface area contributed by atoms with Crippen molar-refractivity contribution in [2.24, 2.45) is 0 Å². The molecule has 1 fully saturated rings. The molecule has 1 saturated heterocycles. The third-order valence-electron chi connectivity index (χ3n) is 4.69. The lowest BCUT2D eigenvalue weighted by Crippen LogP contribution is -2.50. The predicted molar refractivity (Wildman–Crippen MR) is 100 cm³/mol. The monoisotopic (exact) mass is 402 g/mol. The van der Waals surface area contributed by atoms with E-state index < -0.39 is 31.2 Å². The van der Waals surface area contributed by atoms with Crippen LogP contribution >= 0.6 is 0 Å². The Morgan fingerprint density at radius 3 is 2.27 bits per heavy atom. The summed E-state index contributed by atoms with van der Waals surface area (Å²) in [6, 6.07) is 4.21. The molecule has 1 aliphatic heterocycles. The van der Waals surface area contributed by atoms with Gasteiger partial charge in [0.25, 0.3) is 0 Å². The number of amides is 1. The second-order valence-electron chi connectivity index (χ2n) is 6.97. The highest BCUT2D eigenvalue weighted by atomic mass is 32.2. The van der Waals surface area contributed by atoms with Gasteiger partial charge in [0.15, 0.2) is 0 Å². The number of hydrogen-bond donors (Lipinski definition) is 1. The lowest BCUT2D eigenvalue weighted by molar-refractivity contribution is -0.133. The van der Waals surface area contributed by atoms with Crippen LogP contribution in [0.5, 0.6) is 0 Å². The molecule has 9 heteroatoms. The van der Waals surface area contributed by atoms with E-state index in [4.69, 9.17) is 0 Å². The van der Waals surface area contributed by atoms with E-state index in [0.29, 0.717) is 31.5 Å². The average Bonchev–Trinajstić information content (AvgIpc) is 2.55. The first-order valence-electron chi connectivity index (χ1n) is 8.49. The first-order chi connectivity index (χ1) is 11.9. The molecule has 1 atom stereocenters. The zero-order valence-corrected chi connectivity index (χ0v) is 17.2. The van der Waals surface area contributed by atoms with Gasteiger partial charge in [-0.1, -0.05) is 12.1 Å². The molecule has 1 aliphatic rings. The number of nitrogens with zero attached hydrogens (tertiary/aromatic N) is 1. The molecule has 0 aromatic heterocycles. The van der Waals surface area contributed by atoms with Crippen LogP contribution in [0.2, 0.25) is 0 Å². The molecule has 0 radical (unpaired) electrons. The fourth-order valence-corrected chi connectivity index (χ4v) is 5.71. The fraction of sp³-hybridized carbons (Fsp3) is 0.588. The topological polar surface area (TPSA) is 101 Å². The van der Waals surface area contributed by atoms with E-state index in [1.165, 1.54) is 18.1 Å². The third-order valence-corrected chi connectivity index (χ3v) is 8.06. The summed E-state index contributed by atoms with van der Waals surface area (Å²) in [5.41, 5.74) is 1.43. The minimum Gasteiger partial charge on any atom is -0.341 e. The van der Waals surface area contributed by atoms with Gasteiger partial charge in [-0.3, -0.25) is 4.79 Å². The van der Waals surface area contributed by atoms with E-state index >= 15 is 0 Å². The summed E-state index contributed by atoms with van der Waals surface area (Å²) in [5.74, 6) is -0.342. The molecule has 1 heterocycles. The summed E-state index contributed by atoms with van der Waals surface area (Å²) < 4.78 is 50.9. The Balaban J connectivity index is 2.06. The van der Waals surface area contributed by atoms with E-state index in [1.807, 2.05) is 6.07 Å². The molecule has 1 aromatic rings. The Kier molecular flexibility index (Phi) is 6.14. The van der Waals surface area contributed by atoms with Crippen molar-refractivity contribution in [2.45, 2.75) is 49.8 Å². The first-order valence-corrected chi connectivity index (χ1v) is 11.9. The number of aryl methyl sites for hydroxylation is 2. The van der Waals surface area contributed by atoms with Crippen molar-refractivity contribution in [3.63, 3.8) is 0 Å². The lowest BCUT2D eigenvalue weighted by Gasteiger charge is -2.32. The molecule has 0 spiro atoms. The van der Waals surface area contributed by atoms with E-state index in [0.717, 1.165) is 5.56 Å². The number of carbonyl (C=O) groups excluding carboxylic acids is 1. The van der Waals surface area contributed by atoms with Crippen molar-refractivity contribution in [3.8, 4) is 0 Å². The maximum atomic E-state index is 12.6. The average molecular weight is 403 g/mol. The lowest BCUT2D eigenvalue weighted by atomic mass is 10.1. The first kappa shape index (κ1) is 20.9. The summed E-state index contributed by atoms with van der Waals surface area (Å²) in [6.07, 6.45) is 1.96. The largest absolute Gasteiger partial charge is 0.341 e. The molecule has 26 heavy (non-hydrogen) atoms. The van der Waals surface area contributed by atoms with Gasteiger partial charge in [0.2, 0.25) is 15.9 Å². The third kappa shape index (κ3) is 4.83. The highest BCUT2D eigenvalue weighted by molar-refractivity contribution is 7.91. The van der Waals surface area contributed by atoms with Crippen molar-refractivity contribution in [3.05, 3.63) is 29.3 Å². The highest BCUT2D eigenvalue weighted by Crippen LogP contribution is 2.19. The standard InChI is InChI=1S/C17H26N2O5S2/c1-12-5-6-13(2)16(11-12)26(23,24)18-14(3)17(20)19-9-7-15(8-10-19)25(4,21)22/h5-6,11,14-15,18H,7-10H2,1-4H3. The maximum absolute atomic E-state index is 12.6. The Bertz CT molecular complexity index is 886. The van der Waals surface area contributed by atoms with Crippen LogP contribution in [-0.4, -0.2) is 58.3 Å². The number of sulfone groups is 1. The van der Waals surface area contributed by atoms with Crippen LogP contribution in [0.1, 0.15) is 30.9 Å². The summed E-state index contributed by atoms with van der Waals surface area (Å²) in [7, 11) is -6.94. The van der Waals surface area contributed by atoms with Gasteiger partial charge < -0.3 is 4.90 Å². The number of benzene rings is 1. The smallest absolute Gasteiger partial charge is 0.241 e. The number of rotatable bonds is 5. The zero-order chi connectivity index (χ0) is 19.7. The summed E-state index contributed by atoms with van der Waals surface area (Å²) in [4.78, 5) is 14.3. The quantitative estimate of drug-likeness (QED) is 0.792. The minimum atomic E-state index is -3.82. The molecule has 0 saturated carbocycles. The number of nitrogens with one attached hydrogen (secondary N) is 1. The van der Waals surface area contributed by atoms with Crippen molar-refractivity contribution in [1.29, 1.82) is 0 Å². The van der Waals surface area contributed by atoms with Gasteiger partial charge in [-0.05, 0) is 50.8 Å². The molecule has 0 aliphatic carbocycles. The molecule has 1 aromatic carbocycles. The van der Waals surface area contributed by atoms with E-state index in [-0.39, 0.29) is 10.8 Å². The molecular weight excluding hydrogens is 376 g/mol. The van der Waals surface area contributed by atoms with Crippen LogP contribution in [0, 0.1) is 13.8 Å². The summed E-state index contributed by atoms with van der Waals surface area (Å²) in [6.45, 7) is 5.64. The van der Waals surface area contributed by atoms with Gasteiger partial charge in [0, 0.05) is 19.3 Å². The van der Waals surface area contributed by atoms with E-state index in [9.17, 15) is 21.6 Å². The summed E-state index contributed by atoms with van der Waals surface area (Å²) >= 11 is 0. The van der Waals surface area contributed by atoms with E-state index in [2.05, 4.69) is 4.72 Å². The van der Waals surface area contributed by atoms with Crippen molar-refractivity contribution in [2.75, 3.05) is 19.3 Å². The maximum Gasteiger partial charge on any atom is 0.241 e. The SMILES string of the molecule is Cc1ccc(C)c(S(=O)(=O)NC(C)C(=O)N2CCC(S(C)(=O)=O)CC2)c1. The van der Waals surface area contributed by atoms with Gasteiger partial charge >= 0.3 is 0 Å². The van der Waals surface area contributed by atoms with Gasteiger partial charge in [-0.2, -0.15) is 4.72 Å². The zero-order valence-electron chi connectivity index (χ0n) is 15.5. The van der Waals surface area contributed by atoms with Crippen LogP contribution in [0.15, 0.2) is 23.1 Å². The van der Waals surface area contributed by atoms with Crippen molar-refractivity contribution < 1.29 is 21.6 Å². The fourth-order valence-electron chi connectivity index (χ4n) is 3.12. The molecule has 2 rings (SSSR count). The minimum absolute atomic E-state index is 0.160. The van der Waals surface area contributed by atoms with E-state index in [1.54, 1.807) is 26.0 Å². The Morgan fingerprint density at radius 1 is 1.15 bits per heavy atom. The van der Waals surface area contributed by atoms with Crippen LogP contribution < -0.4 is 4.72 Å². The summed E-state index contributed by atoms with van der Waals surface area (Å²) in [5, 5.41) is -0.437. The molecule has 1 amide bonds. The second kappa shape index (κ2) is 7.66. The number of sulfonamides is 1. The number of carbonyl (C=O) groups is 1. The Hall–Kier alpha value is -1.45. The second-order valence-corrected chi connectivity index (χ2v) is 11.0. The van der Waals surface area contributed by atoms with Crippen LogP contribution in [0.3, 0.4) is 0 Å². The van der Waals surface area contributed by atoms with Crippen molar-refractivity contribution >= 4 is 25.8 Å². The number of hydrogen-bond acceptors (Lipinski definition) is 5. The van der Waals surface area contributed by atoms with Gasteiger partial charge in [0.1, 0.15) is 9.84 Å². The Labute approximate surface area is 155 Å². The number of piperidine rings is 1. The Morgan fingerprint density at radius 2 is 1.73 bits per heavy atom. The van der Waals surface area contributed by atoms with Gasteiger partial charge in [-0.25, -0.2) is 16.8 Å². The van der Waals surface area contributed by atoms with Crippen LogP contribution in [0.4, 0.5) is 0 Å². The molecule has 1 unspecified atom stereocenters. The molecule has 1 N–H and O–H groups in total. The molecule has 146 valence electrons. The normalized spacial score (nSPS) is 17.9. The number of likely N-dealkylation sites (tertiary alicyclic amines) is 1. The van der Waals surface area contributed by atoms with Crippen LogP contribution in [0.25, 0.3) is 0 Å². The van der Waals surface area contributed by atoms with Gasteiger partial charge in [0.05, 0.1) is 16.2 Å². The highest BCUT2D eigenvalue weighted by Gasteiger charge is 2.32.